The fourth-order valence-electron chi connectivity index (χ4n) is 2.97. The summed E-state index contributed by atoms with van der Waals surface area (Å²) >= 11 is 0. The number of nitrogens with one attached hydrogen (secondary N) is 1. The van der Waals surface area contributed by atoms with E-state index in [-0.39, 0.29) is 18.9 Å². The molecule has 0 radical (unpaired) electrons. The van der Waals surface area contributed by atoms with Gasteiger partial charge < -0.3 is 9.73 Å². The molecule has 0 aliphatic carbocycles. The van der Waals surface area contributed by atoms with Gasteiger partial charge in [0.25, 0.3) is 0 Å². The number of oxazole rings is 1. The molecular weight excluding hydrogens is 344 g/mol. The summed E-state index contributed by atoms with van der Waals surface area (Å²) in [6, 6.07) is 18.8. The summed E-state index contributed by atoms with van der Waals surface area (Å²) in [4.78, 5) is 24.3. The standard InChI is InChI=1S/C20H18N4O3/c25-19(11-13-23-16-8-4-5-9-17(16)27-20(23)26)22-18-10-12-21-24(18)14-15-6-2-1-3-7-15/h1-10,12H,11,13-14H2,(H,22,25). The Labute approximate surface area is 154 Å². The zero-order chi connectivity index (χ0) is 18.6. The van der Waals surface area contributed by atoms with Crippen molar-refractivity contribution in [2.45, 2.75) is 19.5 Å². The Hall–Kier alpha value is -3.61. The second-order valence-corrected chi connectivity index (χ2v) is 6.15. The SMILES string of the molecule is O=C(CCn1c(=O)oc2ccccc21)Nc1ccnn1Cc1ccccc1. The van der Waals surface area contributed by atoms with E-state index in [4.69, 9.17) is 4.42 Å². The smallest absolute Gasteiger partial charge is 0.408 e. The molecule has 0 fully saturated rings. The number of carbonyl (C=O) groups is 1. The van der Waals surface area contributed by atoms with E-state index >= 15 is 0 Å². The average molecular weight is 362 g/mol. The van der Waals surface area contributed by atoms with Gasteiger partial charge in [-0.2, -0.15) is 5.10 Å². The summed E-state index contributed by atoms with van der Waals surface area (Å²) in [7, 11) is 0. The highest BCUT2D eigenvalue weighted by Crippen LogP contribution is 2.13. The highest BCUT2D eigenvalue weighted by atomic mass is 16.4. The van der Waals surface area contributed by atoms with E-state index in [1.54, 1.807) is 35.1 Å². The van der Waals surface area contributed by atoms with E-state index < -0.39 is 5.76 Å². The molecule has 1 N–H and O–H groups in total. The topological polar surface area (TPSA) is 82.1 Å². The molecule has 2 aromatic carbocycles. The lowest BCUT2D eigenvalue weighted by Gasteiger charge is -2.09. The van der Waals surface area contributed by atoms with Crippen LogP contribution < -0.4 is 11.1 Å². The number of rotatable bonds is 6. The van der Waals surface area contributed by atoms with Crippen LogP contribution in [0.25, 0.3) is 11.1 Å². The number of benzene rings is 2. The van der Waals surface area contributed by atoms with Crippen molar-refractivity contribution in [3.05, 3.63) is 83.0 Å². The van der Waals surface area contributed by atoms with Gasteiger partial charge in [0.1, 0.15) is 5.82 Å². The molecule has 0 saturated heterocycles. The Morgan fingerprint density at radius 3 is 2.67 bits per heavy atom. The zero-order valence-electron chi connectivity index (χ0n) is 14.5. The molecule has 27 heavy (non-hydrogen) atoms. The largest absolute Gasteiger partial charge is 0.419 e. The number of nitrogens with zero attached hydrogens (tertiary/aromatic N) is 3. The summed E-state index contributed by atoms with van der Waals surface area (Å²) in [5.74, 6) is -0.0339. The Morgan fingerprint density at radius 1 is 1.04 bits per heavy atom. The van der Waals surface area contributed by atoms with Crippen LogP contribution in [0.15, 0.2) is 76.1 Å². The second-order valence-electron chi connectivity index (χ2n) is 6.15. The van der Waals surface area contributed by atoms with Crippen LogP contribution in [-0.4, -0.2) is 20.3 Å². The molecule has 2 aromatic heterocycles. The first-order valence-electron chi connectivity index (χ1n) is 8.65. The summed E-state index contributed by atoms with van der Waals surface area (Å²) in [5.41, 5.74) is 2.29. The van der Waals surface area contributed by atoms with Gasteiger partial charge in [0, 0.05) is 19.0 Å². The molecule has 4 aromatic rings. The van der Waals surface area contributed by atoms with Crippen LogP contribution in [-0.2, 0) is 17.9 Å². The minimum absolute atomic E-state index is 0.153. The van der Waals surface area contributed by atoms with Crippen LogP contribution in [0.3, 0.4) is 0 Å². The monoisotopic (exact) mass is 362 g/mol. The number of aromatic nitrogens is 3. The molecule has 4 rings (SSSR count). The molecule has 2 heterocycles. The van der Waals surface area contributed by atoms with Crippen molar-refractivity contribution < 1.29 is 9.21 Å². The lowest BCUT2D eigenvalue weighted by Crippen LogP contribution is -2.21. The maximum absolute atomic E-state index is 12.4. The van der Waals surface area contributed by atoms with Gasteiger partial charge in [-0.15, -0.1) is 0 Å². The van der Waals surface area contributed by atoms with Crippen molar-refractivity contribution in [1.29, 1.82) is 0 Å². The average Bonchev–Trinajstić information content (AvgIpc) is 3.24. The van der Waals surface area contributed by atoms with Gasteiger partial charge >= 0.3 is 5.76 Å². The molecule has 1 amide bonds. The highest BCUT2D eigenvalue weighted by molar-refractivity contribution is 5.89. The maximum Gasteiger partial charge on any atom is 0.419 e. The molecular formula is C20H18N4O3. The van der Waals surface area contributed by atoms with Crippen LogP contribution in [0, 0.1) is 0 Å². The Balaban J connectivity index is 1.42. The third kappa shape index (κ3) is 3.67. The molecule has 0 unspecified atom stereocenters. The minimum Gasteiger partial charge on any atom is -0.408 e. The Morgan fingerprint density at radius 2 is 1.81 bits per heavy atom. The Bertz CT molecular complexity index is 1120. The number of amides is 1. The number of fused-ring (bicyclic) bond motifs is 1. The van der Waals surface area contributed by atoms with Gasteiger partial charge in [-0.1, -0.05) is 42.5 Å². The summed E-state index contributed by atoms with van der Waals surface area (Å²) in [6.07, 6.45) is 1.80. The van der Waals surface area contributed by atoms with E-state index in [2.05, 4.69) is 10.4 Å². The van der Waals surface area contributed by atoms with Gasteiger partial charge in [-0.3, -0.25) is 9.36 Å². The first kappa shape index (κ1) is 16.8. The van der Waals surface area contributed by atoms with Crippen LogP contribution in [0.4, 0.5) is 5.82 Å². The van der Waals surface area contributed by atoms with Crippen LogP contribution >= 0.6 is 0 Å². The lowest BCUT2D eigenvalue weighted by atomic mass is 10.2. The van der Waals surface area contributed by atoms with Gasteiger partial charge in [-0.25, -0.2) is 9.48 Å². The van der Waals surface area contributed by atoms with E-state index in [1.165, 1.54) is 4.57 Å². The molecule has 136 valence electrons. The molecule has 7 heteroatoms. The quantitative estimate of drug-likeness (QED) is 0.572. The predicted molar refractivity (Wildman–Crippen MR) is 101 cm³/mol. The number of anilines is 1. The van der Waals surface area contributed by atoms with Crippen LogP contribution in [0.5, 0.6) is 0 Å². The third-order valence-corrected chi connectivity index (χ3v) is 4.30. The number of aryl methyl sites for hydroxylation is 1. The van der Waals surface area contributed by atoms with Gasteiger partial charge in [-0.05, 0) is 17.7 Å². The van der Waals surface area contributed by atoms with Crippen molar-refractivity contribution in [3.8, 4) is 0 Å². The van der Waals surface area contributed by atoms with Crippen molar-refractivity contribution >= 4 is 22.8 Å². The van der Waals surface area contributed by atoms with E-state index in [0.717, 1.165) is 5.56 Å². The zero-order valence-corrected chi connectivity index (χ0v) is 14.5. The molecule has 7 nitrogen and oxygen atoms in total. The Kier molecular flexibility index (Phi) is 4.57. The van der Waals surface area contributed by atoms with Crippen molar-refractivity contribution in [2.75, 3.05) is 5.32 Å². The molecule has 0 atom stereocenters. The second kappa shape index (κ2) is 7.33. The van der Waals surface area contributed by atoms with Gasteiger partial charge in [0.05, 0.1) is 18.3 Å². The summed E-state index contributed by atoms with van der Waals surface area (Å²) in [5, 5.41) is 7.12. The molecule has 0 aliphatic heterocycles. The number of hydrogen-bond donors (Lipinski definition) is 1. The highest BCUT2D eigenvalue weighted by Gasteiger charge is 2.12. The third-order valence-electron chi connectivity index (χ3n) is 4.30. The number of carbonyl (C=O) groups excluding carboxylic acids is 1. The van der Waals surface area contributed by atoms with E-state index in [1.807, 2.05) is 36.4 Å². The van der Waals surface area contributed by atoms with Crippen LogP contribution in [0.2, 0.25) is 0 Å². The van der Waals surface area contributed by atoms with Gasteiger partial charge in [0.2, 0.25) is 5.91 Å². The predicted octanol–water partition coefficient (Wildman–Crippen LogP) is 2.87. The van der Waals surface area contributed by atoms with Crippen molar-refractivity contribution in [1.82, 2.24) is 14.3 Å². The maximum atomic E-state index is 12.4. The first-order valence-corrected chi connectivity index (χ1v) is 8.65. The molecule has 0 bridgehead atoms. The van der Waals surface area contributed by atoms with Gasteiger partial charge in [0.15, 0.2) is 5.58 Å². The first-order chi connectivity index (χ1) is 13.2. The lowest BCUT2D eigenvalue weighted by molar-refractivity contribution is -0.116. The van der Waals surface area contributed by atoms with E-state index in [0.29, 0.717) is 23.5 Å². The number of para-hydroxylation sites is 2. The normalized spacial score (nSPS) is 11.0. The van der Waals surface area contributed by atoms with Crippen molar-refractivity contribution in [2.24, 2.45) is 0 Å². The fourth-order valence-corrected chi connectivity index (χ4v) is 2.97. The molecule has 0 saturated carbocycles. The summed E-state index contributed by atoms with van der Waals surface area (Å²) < 4.78 is 8.38. The number of hydrogen-bond acceptors (Lipinski definition) is 4. The van der Waals surface area contributed by atoms with Crippen LogP contribution in [0.1, 0.15) is 12.0 Å². The summed E-state index contributed by atoms with van der Waals surface area (Å²) in [6.45, 7) is 0.809. The molecule has 0 aliphatic rings. The molecule has 0 spiro atoms. The minimum atomic E-state index is -0.460. The van der Waals surface area contributed by atoms with Crippen molar-refractivity contribution in [3.63, 3.8) is 0 Å². The van der Waals surface area contributed by atoms with E-state index in [9.17, 15) is 9.59 Å². The fraction of sp³-hybridized carbons (Fsp3) is 0.150.